The van der Waals surface area contributed by atoms with Crippen LogP contribution >= 0.6 is 0 Å². The number of hydrogen-bond acceptors (Lipinski definition) is 5. The molecule has 2 heterocycles. The first-order chi connectivity index (χ1) is 12.6. The summed E-state index contributed by atoms with van der Waals surface area (Å²) in [4.78, 5) is 23.4. The molecule has 3 rings (SSSR count). The standard InChI is InChI=1S/C20H26N4O2/c1-24(2)11-12-26-18-13-15(8-10-21-18)14-23-20(25)17-7-3-5-16-6-4-9-22-19(16)17/h4,6,8-10,13,17H,3,5,7,11-12,14H2,1-2H3,(H,23,25). The first kappa shape index (κ1) is 18.3. The topological polar surface area (TPSA) is 67.3 Å². The van der Waals surface area contributed by atoms with Crippen LogP contribution in [0.5, 0.6) is 5.88 Å². The van der Waals surface area contributed by atoms with E-state index in [1.807, 2.05) is 32.3 Å². The molecule has 0 radical (unpaired) electrons. The SMILES string of the molecule is CN(C)CCOc1cc(CNC(=O)C2CCCc3cccnc32)ccn1. The predicted octanol–water partition coefficient (Wildman–Crippen LogP) is 2.15. The van der Waals surface area contributed by atoms with Crippen molar-refractivity contribution < 1.29 is 9.53 Å². The van der Waals surface area contributed by atoms with Gasteiger partial charge >= 0.3 is 0 Å². The zero-order valence-electron chi connectivity index (χ0n) is 15.4. The molecule has 0 spiro atoms. The Morgan fingerprint density at radius 2 is 2.19 bits per heavy atom. The van der Waals surface area contributed by atoms with E-state index in [4.69, 9.17) is 4.74 Å². The Balaban J connectivity index is 1.57. The fraction of sp³-hybridized carbons (Fsp3) is 0.450. The maximum Gasteiger partial charge on any atom is 0.229 e. The molecule has 1 atom stereocenters. The van der Waals surface area contributed by atoms with E-state index in [9.17, 15) is 4.79 Å². The molecule has 1 aliphatic carbocycles. The van der Waals surface area contributed by atoms with Gasteiger partial charge in [0, 0.05) is 31.5 Å². The minimum absolute atomic E-state index is 0.0385. The molecule has 1 aliphatic rings. The van der Waals surface area contributed by atoms with Gasteiger partial charge in [-0.2, -0.15) is 0 Å². The van der Waals surface area contributed by atoms with Crippen LogP contribution in [0.3, 0.4) is 0 Å². The Bertz CT molecular complexity index is 748. The lowest BCUT2D eigenvalue weighted by molar-refractivity contribution is -0.123. The van der Waals surface area contributed by atoms with Gasteiger partial charge in [0.25, 0.3) is 0 Å². The third-order valence-corrected chi connectivity index (χ3v) is 4.57. The number of hydrogen-bond donors (Lipinski definition) is 1. The van der Waals surface area contributed by atoms with Crippen LogP contribution in [0, 0.1) is 0 Å². The van der Waals surface area contributed by atoms with Gasteiger partial charge in [-0.05, 0) is 56.6 Å². The van der Waals surface area contributed by atoms with Gasteiger partial charge in [-0.3, -0.25) is 9.78 Å². The van der Waals surface area contributed by atoms with Gasteiger partial charge in [-0.15, -0.1) is 0 Å². The third kappa shape index (κ3) is 4.79. The molecule has 0 bridgehead atoms. The van der Waals surface area contributed by atoms with Crippen LogP contribution in [0.25, 0.3) is 0 Å². The summed E-state index contributed by atoms with van der Waals surface area (Å²) in [6, 6.07) is 7.78. The van der Waals surface area contributed by atoms with Crippen molar-refractivity contribution >= 4 is 5.91 Å². The summed E-state index contributed by atoms with van der Waals surface area (Å²) in [6.07, 6.45) is 6.36. The van der Waals surface area contributed by atoms with E-state index in [0.717, 1.165) is 37.1 Å². The largest absolute Gasteiger partial charge is 0.476 e. The second-order valence-electron chi connectivity index (χ2n) is 6.86. The second kappa shape index (κ2) is 8.76. The highest BCUT2D eigenvalue weighted by Crippen LogP contribution is 2.29. The normalized spacial score (nSPS) is 16.2. The van der Waals surface area contributed by atoms with Crippen molar-refractivity contribution in [2.24, 2.45) is 0 Å². The van der Waals surface area contributed by atoms with Crippen LogP contribution in [0.4, 0.5) is 0 Å². The van der Waals surface area contributed by atoms with E-state index < -0.39 is 0 Å². The lowest BCUT2D eigenvalue weighted by Gasteiger charge is -2.23. The number of nitrogens with zero attached hydrogens (tertiary/aromatic N) is 3. The van der Waals surface area contributed by atoms with Crippen LogP contribution < -0.4 is 10.1 Å². The minimum atomic E-state index is -0.155. The highest BCUT2D eigenvalue weighted by molar-refractivity contribution is 5.83. The Labute approximate surface area is 154 Å². The van der Waals surface area contributed by atoms with Crippen LogP contribution in [-0.2, 0) is 17.8 Å². The first-order valence-corrected chi connectivity index (χ1v) is 9.07. The van der Waals surface area contributed by atoms with Gasteiger partial charge in [0.15, 0.2) is 0 Å². The zero-order valence-corrected chi connectivity index (χ0v) is 15.4. The number of fused-ring (bicyclic) bond motifs is 1. The lowest BCUT2D eigenvalue weighted by Crippen LogP contribution is -2.31. The van der Waals surface area contributed by atoms with Crippen molar-refractivity contribution in [3.63, 3.8) is 0 Å². The van der Waals surface area contributed by atoms with Crippen molar-refractivity contribution in [3.05, 3.63) is 53.5 Å². The van der Waals surface area contributed by atoms with Gasteiger partial charge in [-0.25, -0.2) is 4.98 Å². The second-order valence-corrected chi connectivity index (χ2v) is 6.86. The maximum absolute atomic E-state index is 12.7. The number of carbonyl (C=O) groups excluding carboxylic acids is 1. The monoisotopic (exact) mass is 354 g/mol. The fourth-order valence-corrected chi connectivity index (χ4v) is 3.15. The van der Waals surface area contributed by atoms with E-state index in [2.05, 4.69) is 26.3 Å². The highest BCUT2D eigenvalue weighted by Gasteiger charge is 2.27. The average molecular weight is 354 g/mol. The van der Waals surface area contributed by atoms with Crippen molar-refractivity contribution in [3.8, 4) is 5.88 Å². The van der Waals surface area contributed by atoms with Crippen LogP contribution in [0.2, 0.25) is 0 Å². The molecule has 138 valence electrons. The number of nitrogens with one attached hydrogen (secondary N) is 1. The molecular formula is C20H26N4O2. The van der Waals surface area contributed by atoms with Crippen molar-refractivity contribution in [2.75, 3.05) is 27.2 Å². The molecule has 0 saturated heterocycles. The summed E-state index contributed by atoms with van der Waals surface area (Å²) >= 11 is 0. The number of likely N-dealkylation sites (N-methyl/N-ethyl adjacent to an activating group) is 1. The minimum Gasteiger partial charge on any atom is -0.476 e. The summed E-state index contributed by atoms with van der Waals surface area (Å²) in [5.74, 6) is 0.470. The molecule has 1 unspecified atom stereocenters. The number of aryl methyl sites for hydroxylation is 1. The van der Waals surface area contributed by atoms with E-state index in [-0.39, 0.29) is 11.8 Å². The van der Waals surface area contributed by atoms with Gasteiger partial charge in [0.05, 0.1) is 11.6 Å². The van der Waals surface area contributed by atoms with Gasteiger partial charge in [0.1, 0.15) is 6.61 Å². The molecule has 0 fully saturated rings. The smallest absolute Gasteiger partial charge is 0.229 e. The van der Waals surface area contributed by atoms with E-state index in [0.29, 0.717) is 19.0 Å². The molecule has 2 aromatic heterocycles. The van der Waals surface area contributed by atoms with Crippen LogP contribution in [0.15, 0.2) is 36.7 Å². The van der Waals surface area contributed by atoms with Crippen LogP contribution in [-0.4, -0.2) is 48.0 Å². The fourth-order valence-electron chi connectivity index (χ4n) is 3.15. The molecule has 0 aromatic carbocycles. The van der Waals surface area contributed by atoms with Crippen molar-refractivity contribution in [1.82, 2.24) is 20.2 Å². The highest BCUT2D eigenvalue weighted by atomic mass is 16.5. The van der Waals surface area contributed by atoms with Crippen molar-refractivity contribution in [1.29, 1.82) is 0 Å². The summed E-state index contributed by atoms with van der Waals surface area (Å²) in [7, 11) is 4.00. The Hall–Kier alpha value is -2.47. The molecule has 26 heavy (non-hydrogen) atoms. The van der Waals surface area contributed by atoms with Crippen molar-refractivity contribution in [2.45, 2.75) is 31.7 Å². The summed E-state index contributed by atoms with van der Waals surface area (Å²) in [5, 5.41) is 3.04. The molecule has 0 saturated carbocycles. The number of aromatic nitrogens is 2. The predicted molar refractivity (Wildman–Crippen MR) is 100 cm³/mol. The van der Waals surface area contributed by atoms with E-state index >= 15 is 0 Å². The van der Waals surface area contributed by atoms with Gasteiger partial charge in [-0.1, -0.05) is 6.07 Å². The van der Waals surface area contributed by atoms with E-state index in [1.165, 1.54) is 5.56 Å². The van der Waals surface area contributed by atoms with E-state index in [1.54, 1.807) is 12.4 Å². The quantitative estimate of drug-likeness (QED) is 0.825. The molecule has 2 aromatic rings. The zero-order chi connectivity index (χ0) is 18.4. The Morgan fingerprint density at radius 1 is 1.31 bits per heavy atom. The number of ether oxygens (including phenoxy) is 1. The molecule has 1 amide bonds. The molecule has 6 nitrogen and oxygen atoms in total. The summed E-state index contributed by atoms with van der Waals surface area (Å²) < 4.78 is 5.65. The number of carbonyl (C=O) groups is 1. The molecule has 0 aliphatic heterocycles. The lowest BCUT2D eigenvalue weighted by atomic mass is 9.86. The Kier molecular flexibility index (Phi) is 6.17. The maximum atomic E-state index is 12.7. The molecule has 1 N–H and O–H groups in total. The molecular weight excluding hydrogens is 328 g/mol. The molecule has 6 heteroatoms. The number of amides is 1. The van der Waals surface area contributed by atoms with Gasteiger partial charge in [0.2, 0.25) is 11.8 Å². The van der Waals surface area contributed by atoms with Gasteiger partial charge < -0.3 is 15.0 Å². The summed E-state index contributed by atoms with van der Waals surface area (Å²) in [5.41, 5.74) is 3.10. The van der Waals surface area contributed by atoms with Crippen LogP contribution in [0.1, 0.15) is 35.6 Å². The third-order valence-electron chi connectivity index (χ3n) is 4.57. The average Bonchev–Trinajstić information content (AvgIpc) is 2.66. The number of pyridine rings is 2. The Morgan fingerprint density at radius 3 is 3.04 bits per heavy atom. The first-order valence-electron chi connectivity index (χ1n) is 9.07. The number of rotatable bonds is 7. The summed E-state index contributed by atoms with van der Waals surface area (Å²) in [6.45, 7) is 1.88.